The van der Waals surface area contributed by atoms with Crippen LogP contribution < -0.4 is 4.90 Å². The number of hydrogen-bond acceptors (Lipinski definition) is 2. The first-order valence-electron chi connectivity index (χ1n) is 9.49. The lowest BCUT2D eigenvalue weighted by Gasteiger charge is -2.48. The van der Waals surface area contributed by atoms with Crippen LogP contribution in [0.25, 0.3) is 0 Å². The Morgan fingerprint density at radius 1 is 0.741 bits per heavy atom. The molecule has 136 valence electrons. The Labute approximate surface area is 162 Å². The number of nitrogens with zero attached hydrogens (tertiary/aromatic N) is 2. The molecule has 0 saturated heterocycles. The molecular weight excluding hydrogens is 328 g/mol. The molecule has 3 aromatic rings. The van der Waals surface area contributed by atoms with Crippen LogP contribution in [0.2, 0.25) is 0 Å². The smallest absolute Gasteiger partial charge is 0.113 e. The van der Waals surface area contributed by atoms with E-state index in [1.807, 2.05) is 18.2 Å². The van der Waals surface area contributed by atoms with E-state index in [9.17, 15) is 0 Å². The van der Waals surface area contributed by atoms with Gasteiger partial charge >= 0.3 is 0 Å². The first-order chi connectivity index (χ1) is 13.0. The molecule has 1 aliphatic rings. The summed E-state index contributed by atoms with van der Waals surface area (Å²) in [6.07, 6.45) is 0. The van der Waals surface area contributed by atoms with Gasteiger partial charge in [-0.3, -0.25) is 0 Å². The summed E-state index contributed by atoms with van der Waals surface area (Å²) in [5.74, 6) is 0. The fourth-order valence-corrected chi connectivity index (χ4v) is 4.57. The monoisotopic (exact) mass is 354 g/mol. The second kappa shape index (κ2) is 6.38. The van der Waals surface area contributed by atoms with Gasteiger partial charge < -0.3 is 4.90 Å². The van der Waals surface area contributed by atoms with E-state index in [4.69, 9.17) is 4.99 Å². The molecular formula is C25H26N2. The Morgan fingerprint density at radius 2 is 1.30 bits per heavy atom. The molecule has 1 atom stereocenters. The molecule has 2 heteroatoms. The lowest BCUT2D eigenvalue weighted by atomic mass is 9.66. The van der Waals surface area contributed by atoms with Crippen molar-refractivity contribution in [2.75, 3.05) is 11.9 Å². The molecule has 27 heavy (non-hydrogen) atoms. The highest BCUT2D eigenvalue weighted by atomic mass is 15.2. The molecule has 3 aromatic carbocycles. The van der Waals surface area contributed by atoms with E-state index >= 15 is 0 Å². The van der Waals surface area contributed by atoms with Crippen molar-refractivity contribution < 1.29 is 0 Å². The average Bonchev–Trinajstić information content (AvgIpc) is 2.93. The van der Waals surface area contributed by atoms with Crippen molar-refractivity contribution in [2.45, 2.75) is 26.3 Å². The zero-order valence-electron chi connectivity index (χ0n) is 16.5. The summed E-state index contributed by atoms with van der Waals surface area (Å²) in [4.78, 5) is 7.64. The fourth-order valence-electron chi connectivity index (χ4n) is 4.57. The van der Waals surface area contributed by atoms with Crippen LogP contribution in [-0.4, -0.2) is 12.8 Å². The molecule has 0 radical (unpaired) electrons. The normalized spacial score (nSPS) is 20.7. The first kappa shape index (κ1) is 17.5. The van der Waals surface area contributed by atoms with E-state index in [0.717, 1.165) is 11.4 Å². The molecule has 0 spiro atoms. The number of benzene rings is 3. The SMILES string of the molecule is CN1c2ccccc2C(=Nc2ccccc2)C1(c1ccccc1)C(C)(C)C. The van der Waals surface area contributed by atoms with Crippen LogP contribution in [0.15, 0.2) is 89.9 Å². The number of hydrogen-bond donors (Lipinski definition) is 0. The molecule has 1 aliphatic heterocycles. The van der Waals surface area contributed by atoms with Gasteiger partial charge in [-0.2, -0.15) is 0 Å². The molecule has 0 amide bonds. The van der Waals surface area contributed by atoms with Gasteiger partial charge in [0.05, 0.1) is 11.4 Å². The molecule has 0 bridgehead atoms. The van der Waals surface area contributed by atoms with E-state index in [1.165, 1.54) is 16.8 Å². The third kappa shape index (κ3) is 2.59. The summed E-state index contributed by atoms with van der Waals surface area (Å²) in [6.45, 7) is 6.93. The summed E-state index contributed by atoms with van der Waals surface area (Å²) in [5.41, 5.74) is 5.39. The Bertz CT molecular complexity index is 968. The molecule has 0 N–H and O–H groups in total. The van der Waals surface area contributed by atoms with Crippen molar-refractivity contribution in [3.8, 4) is 0 Å². The molecule has 0 aromatic heterocycles. The van der Waals surface area contributed by atoms with Crippen LogP contribution in [0, 0.1) is 5.41 Å². The lowest BCUT2D eigenvalue weighted by molar-refractivity contribution is 0.261. The topological polar surface area (TPSA) is 15.6 Å². The Morgan fingerprint density at radius 3 is 1.93 bits per heavy atom. The molecule has 1 heterocycles. The second-order valence-electron chi connectivity index (χ2n) is 8.20. The molecule has 0 aliphatic carbocycles. The first-order valence-corrected chi connectivity index (χ1v) is 9.49. The van der Waals surface area contributed by atoms with Crippen LogP contribution in [0.3, 0.4) is 0 Å². The number of anilines is 1. The summed E-state index contributed by atoms with van der Waals surface area (Å²) < 4.78 is 0. The van der Waals surface area contributed by atoms with Gasteiger partial charge in [0.15, 0.2) is 0 Å². The highest BCUT2D eigenvalue weighted by molar-refractivity contribution is 6.18. The summed E-state index contributed by atoms with van der Waals surface area (Å²) >= 11 is 0. The Hall–Kier alpha value is -2.87. The fraction of sp³-hybridized carbons (Fsp3) is 0.240. The zero-order chi connectivity index (χ0) is 19.1. The van der Waals surface area contributed by atoms with Crippen molar-refractivity contribution in [1.29, 1.82) is 0 Å². The van der Waals surface area contributed by atoms with Gasteiger partial charge in [0, 0.05) is 18.3 Å². The maximum Gasteiger partial charge on any atom is 0.113 e. The maximum absolute atomic E-state index is 5.22. The van der Waals surface area contributed by atoms with Gasteiger partial charge in [0.1, 0.15) is 5.54 Å². The Kier molecular flexibility index (Phi) is 4.15. The molecule has 2 nitrogen and oxygen atoms in total. The van der Waals surface area contributed by atoms with Gasteiger partial charge in [-0.05, 0) is 29.2 Å². The predicted octanol–water partition coefficient (Wildman–Crippen LogP) is 6.20. The van der Waals surface area contributed by atoms with Crippen LogP contribution in [0.4, 0.5) is 11.4 Å². The Balaban J connectivity index is 2.08. The molecule has 1 unspecified atom stereocenters. The van der Waals surface area contributed by atoms with Crippen LogP contribution in [-0.2, 0) is 5.54 Å². The van der Waals surface area contributed by atoms with Crippen molar-refractivity contribution in [3.63, 3.8) is 0 Å². The van der Waals surface area contributed by atoms with E-state index in [0.29, 0.717) is 0 Å². The number of likely N-dealkylation sites (N-methyl/N-ethyl adjacent to an activating group) is 1. The quantitative estimate of drug-likeness (QED) is 0.535. The van der Waals surface area contributed by atoms with Gasteiger partial charge in [0.25, 0.3) is 0 Å². The summed E-state index contributed by atoms with van der Waals surface area (Å²) in [6, 6.07) is 29.7. The van der Waals surface area contributed by atoms with E-state index < -0.39 is 0 Å². The van der Waals surface area contributed by atoms with Crippen LogP contribution in [0.1, 0.15) is 31.9 Å². The number of para-hydroxylation sites is 2. The maximum atomic E-state index is 5.22. The predicted molar refractivity (Wildman–Crippen MR) is 115 cm³/mol. The molecule has 4 rings (SSSR count). The molecule has 0 saturated carbocycles. The number of rotatable bonds is 2. The number of fused-ring (bicyclic) bond motifs is 1. The summed E-state index contributed by atoms with van der Waals surface area (Å²) in [5, 5.41) is 0. The van der Waals surface area contributed by atoms with Gasteiger partial charge in [-0.1, -0.05) is 87.5 Å². The van der Waals surface area contributed by atoms with Crippen molar-refractivity contribution in [2.24, 2.45) is 10.4 Å². The van der Waals surface area contributed by atoms with Crippen LogP contribution >= 0.6 is 0 Å². The third-order valence-corrected chi connectivity index (χ3v) is 5.64. The highest BCUT2D eigenvalue weighted by Gasteiger charge is 2.56. The van der Waals surface area contributed by atoms with E-state index in [-0.39, 0.29) is 11.0 Å². The lowest BCUT2D eigenvalue weighted by Crippen LogP contribution is -2.55. The standard InChI is InChI=1S/C25H26N2/c1-24(2,3)25(19-13-7-5-8-14-19)23(26-20-15-9-6-10-16-20)21-17-11-12-18-22(21)27(25)4/h5-18H,1-4H3. The average molecular weight is 354 g/mol. The van der Waals surface area contributed by atoms with E-state index in [2.05, 4.69) is 99.4 Å². The van der Waals surface area contributed by atoms with Gasteiger partial charge in [-0.15, -0.1) is 0 Å². The van der Waals surface area contributed by atoms with Gasteiger partial charge in [-0.25, -0.2) is 4.99 Å². The minimum Gasteiger partial charge on any atom is -0.358 e. The minimum atomic E-state index is -0.353. The van der Waals surface area contributed by atoms with Crippen molar-refractivity contribution in [1.82, 2.24) is 0 Å². The number of aliphatic imine (C=N–C) groups is 1. The zero-order valence-corrected chi connectivity index (χ0v) is 16.5. The van der Waals surface area contributed by atoms with Crippen molar-refractivity contribution >= 4 is 17.1 Å². The highest BCUT2D eigenvalue weighted by Crippen LogP contribution is 2.54. The van der Waals surface area contributed by atoms with Crippen LogP contribution in [0.5, 0.6) is 0 Å². The molecule has 0 fully saturated rings. The largest absolute Gasteiger partial charge is 0.358 e. The minimum absolute atomic E-state index is 0.0737. The van der Waals surface area contributed by atoms with E-state index in [1.54, 1.807) is 0 Å². The summed E-state index contributed by atoms with van der Waals surface area (Å²) in [7, 11) is 2.20. The third-order valence-electron chi connectivity index (χ3n) is 5.64. The van der Waals surface area contributed by atoms with Gasteiger partial charge in [0.2, 0.25) is 0 Å². The van der Waals surface area contributed by atoms with Crippen molar-refractivity contribution in [3.05, 3.63) is 96.1 Å². The second-order valence-corrected chi connectivity index (χ2v) is 8.20.